The van der Waals surface area contributed by atoms with Gasteiger partial charge in [0.05, 0.1) is 6.07 Å². The molecule has 0 heterocycles. The van der Waals surface area contributed by atoms with Crippen molar-refractivity contribution in [2.75, 3.05) is 5.73 Å². The first-order chi connectivity index (χ1) is 8.24. The van der Waals surface area contributed by atoms with Gasteiger partial charge in [0.15, 0.2) is 6.10 Å². The molecule has 1 aromatic rings. The number of aliphatic hydroxyl groups excluding tert-OH is 2. The van der Waals surface area contributed by atoms with Crippen molar-refractivity contribution in [1.29, 1.82) is 5.26 Å². The van der Waals surface area contributed by atoms with Crippen LogP contribution in [-0.4, -0.2) is 22.7 Å². The monoisotopic (exact) mass is 262 g/mol. The second-order valence-corrected chi connectivity index (χ2v) is 3.36. The van der Waals surface area contributed by atoms with Gasteiger partial charge in [0.25, 0.3) is 0 Å². The van der Waals surface area contributed by atoms with E-state index in [1.807, 2.05) is 0 Å². The van der Waals surface area contributed by atoms with Gasteiger partial charge in [-0.2, -0.15) is 5.26 Å². The highest BCUT2D eigenvalue weighted by atomic mass is 19.4. The van der Waals surface area contributed by atoms with E-state index in [-0.39, 0.29) is 5.69 Å². The Hall–Kier alpha value is -1.98. The van der Waals surface area contributed by atoms with Crippen molar-refractivity contribution in [3.63, 3.8) is 0 Å². The molecular formula is C10H9F3N2O3. The van der Waals surface area contributed by atoms with Crippen molar-refractivity contribution in [3.05, 3.63) is 23.8 Å². The van der Waals surface area contributed by atoms with Crippen molar-refractivity contribution >= 4 is 5.69 Å². The smallest absolute Gasteiger partial charge is 0.405 e. The Kier molecular flexibility index (Phi) is 4.00. The number of hydrogen-bond acceptors (Lipinski definition) is 5. The molecule has 0 aromatic heterocycles. The van der Waals surface area contributed by atoms with Crippen molar-refractivity contribution in [3.8, 4) is 11.8 Å². The van der Waals surface area contributed by atoms with Gasteiger partial charge in [-0.15, -0.1) is 13.2 Å². The molecule has 1 rings (SSSR count). The van der Waals surface area contributed by atoms with Crippen LogP contribution in [0.15, 0.2) is 18.2 Å². The molecule has 0 bridgehead atoms. The van der Waals surface area contributed by atoms with Crippen LogP contribution in [0.2, 0.25) is 0 Å². The van der Waals surface area contributed by atoms with Gasteiger partial charge in [-0.05, 0) is 18.2 Å². The first-order valence-corrected chi connectivity index (χ1v) is 4.65. The lowest BCUT2D eigenvalue weighted by Gasteiger charge is -2.18. The van der Waals surface area contributed by atoms with E-state index in [9.17, 15) is 18.3 Å². The predicted molar refractivity (Wildman–Crippen MR) is 54.1 cm³/mol. The van der Waals surface area contributed by atoms with E-state index in [0.29, 0.717) is 0 Å². The van der Waals surface area contributed by atoms with Crippen molar-refractivity contribution in [1.82, 2.24) is 0 Å². The van der Waals surface area contributed by atoms with Crippen molar-refractivity contribution in [2.45, 2.75) is 18.6 Å². The Morgan fingerprint density at radius 3 is 2.44 bits per heavy atom. The Bertz CT molecular complexity index is 470. The van der Waals surface area contributed by atoms with E-state index in [0.717, 1.165) is 18.2 Å². The lowest BCUT2D eigenvalue weighted by atomic mass is 10.0. The van der Waals surface area contributed by atoms with Crippen LogP contribution in [0, 0.1) is 11.3 Å². The van der Waals surface area contributed by atoms with Crippen LogP contribution in [0.25, 0.3) is 0 Å². The summed E-state index contributed by atoms with van der Waals surface area (Å²) in [6.45, 7) is 0. The van der Waals surface area contributed by atoms with Gasteiger partial charge in [0, 0.05) is 11.3 Å². The maximum Gasteiger partial charge on any atom is 0.573 e. The average Bonchev–Trinajstić information content (AvgIpc) is 2.27. The van der Waals surface area contributed by atoms with Crippen LogP contribution < -0.4 is 10.5 Å². The highest BCUT2D eigenvalue weighted by Crippen LogP contribution is 2.33. The fourth-order valence-corrected chi connectivity index (χ4v) is 1.26. The number of aliphatic hydroxyl groups is 2. The molecular weight excluding hydrogens is 253 g/mol. The van der Waals surface area contributed by atoms with Gasteiger partial charge in [0.1, 0.15) is 11.9 Å². The minimum absolute atomic E-state index is 0.0590. The summed E-state index contributed by atoms with van der Waals surface area (Å²) < 4.78 is 40.0. The van der Waals surface area contributed by atoms with Crippen LogP contribution >= 0.6 is 0 Å². The zero-order valence-corrected chi connectivity index (χ0v) is 8.85. The number of alkyl halides is 3. The summed E-state index contributed by atoms with van der Waals surface area (Å²) in [5.41, 5.74) is 5.00. The highest BCUT2D eigenvalue weighted by Gasteiger charge is 2.33. The Balaban J connectivity index is 3.16. The Labute approximate surface area is 99.8 Å². The van der Waals surface area contributed by atoms with Crippen molar-refractivity contribution in [2.24, 2.45) is 0 Å². The van der Waals surface area contributed by atoms with Gasteiger partial charge >= 0.3 is 6.36 Å². The number of hydrogen-bond donors (Lipinski definition) is 3. The molecule has 0 spiro atoms. The number of benzene rings is 1. The fourth-order valence-electron chi connectivity index (χ4n) is 1.26. The van der Waals surface area contributed by atoms with Crippen LogP contribution in [0.5, 0.6) is 5.75 Å². The molecule has 18 heavy (non-hydrogen) atoms. The number of halogens is 3. The number of nitrogen functional groups attached to an aromatic ring is 1. The molecule has 0 saturated heterocycles. The van der Waals surface area contributed by atoms with E-state index in [4.69, 9.17) is 16.1 Å². The molecule has 2 unspecified atom stereocenters. The highest BCUT2D eigenvalue weighted by molar-refractivity contribution is 5.49. The first kappa shape index (κ1) is 14.1. The lowest BCUT2D eigenvalue weighted by molar-refractivity contribution is -0.275. The zero-order chi connectivity index (χ0) is 13.9. The van der Waals surface area contributed by atoms with Crippen LogP contribution in [-0.2, 0) is 0 Å². The molecule has 0 amide bonds. The lowest BCUT2D eigenvalue weighted by Crippen LogP contribution is -2.21. The number of rotatable bonds is 3. The molecule has 0 aliphatic carbocycles. The summed E-state index contributed by atoms with van der Waals surface area (Å²) in [6, 6.07) is 4.32. The second-order valence-electron chi connectivity index (χ2n) is 3.36. The Morgan fingerprint density at radius 1 is 1.33 bits per heavy atom. The maximum absolute atomic E-state index is 12.1. The summed E-state index contributed by atoms with van der Waals surface area (Å²) in [5.74, 6) is -0.724. The normalized spacial score (nSPS) is 14.7. The first-order valence-electron chi connectivity index (χ1n) is 4.65. The van der Waals surface area contributed by atoms with E-state index in [1.165, 1.54) is 6.07 Å². The molecule has 8 heteroatoms. The molecule has 98 valence electrons. The van der Waals surface area contributed by atoms with Crippen LogP contribution in [0.1, 0.15) is 11.7 Å². The standard InChI is InChI=1S/C10H9F3N2O3/c11-10(12,13)18-8-2-1-5(15)3-6(8)9(17)7(16)4-14/h1-3,7,9,16-17H,15H2. The number of anilines is 1. The number of nitriles is 1. The SMILES string of the molecule is N#CC(O)C(O)c1cc(N)ccc1OC(F)(F)F. The van der Waals surface area contributed by atoms with Crippen LogP contribution in [0.3, 0.4) is 0 Å². The second kappa shape index (κ2) is 5.12. The van der Waals surface area contributed by atoms with E-state index in [1.54, 1.807) is 0 Å². The van der Waals surface area contributed by atoms with E-state index >= 15 is 0 Å². The van der Waals surface area contributed by atoms with Gasteiger partial charge in [0.2, 0.25) is 0 Å². The minimum atomic E-state index is -4.96. The van der Waals surface area contributed by atoms with Gasteiger partial charge < -0.3 is 20.7 Å². The quantitative estimate of drug-likeness (QED) is 0.559. The third-order valence-electron chi connectivity index (χ3n) is 2.01. The van der Waals surface area contributed by atoms with Gasteiger partial charge in [-0.1, -0.05) is 0 Å². The molecule has 1 aromatic carbocycles. The zero-order valence-electron chi connectivity index (χ0n) is 8.85. The average molecular weight is 262 g/mol. The van der Waals surface area contributed by atoms with E-state index in [2.05, 4.69) is 4.74 Å². The molecule has 4 N–H and O–H groups in total. The third-order valence-corrected chi connectivity index (χ3v) is 2.01. The molecule has 0 saturated carbocycles. The largest absolute Gasteiger partial charge is 0.573 e. The number of nitrogens with two attached hydrogens (primary N) is 1. The molecule has 0 aliphatic heterocycles. The predicted octanol–water partition coefficient (Wildman–Crippen LogP) is 1.09. The van der Waals surface area contributed by atoms with Gasteiger partial charge in [-0.25, -0.2) is 0 Å². The molecule has 0 aliphatic rings. The summed E-state index contributed by atoms with van der Waals surface area (Å²) >= 11 is 0. The number of ether oxygens (including phenoxy) is 1. The summed E-state index contributed by atoms with van der Waals surface area (Å²) in [5, 5.41) is 27.0. The fraction of sp³-hybridized carbons (Fsp3) is 0.300. The maximum atomic E-state index is 12.1. The molecule has 5 nitrogen and oxygen atoms in total. The van der Waals surface area contributed by atoms with Crippen LogP contribution in [0.4, 0.5) is 18.9 Å². The molecule has 0 fully saturated rings. The topological polar surface area (TPSA) is 99.5 Å². The molecule has 0 radical (unpaired) electrons. The van der Waals surface area contributed by atoms with Crippen molar-refractivity contribution < 1.29 is 28.1 Å². The van der Waals surface area contributed by atoms with Gasteiger partial charge in [-0.3, -0.25) is 0 Å². The minimum Gasteiger partial charge on any atom is -0.405 e. The summed E-state index contributed by atoms with van der Waals surface area (Å²) in [4.78, 5) is 0. The summed E-state index contributed by atoms with van der Waals surface area (Å²) in [7, 11) is 0. The molecule has 2 atom stereocenters. The Morgan fingerprint density at radius 2 is 1.94 bits per heavy atom. The third kappa shape index (κ3) is 3.51. The summed E-state index contributed by atoms with van der Waals surface area (Å²) in [6.07, 6.45) is -8.69. The number of nitrogens with zero attached hydrogens (tertiary/aromatic N) is 1. The van der Waals surface area contributed by atoms with E-state index < -0.39 is 29.9 Å².